The number of carbonyl (C=O) groups is 1. The SMILES string of the molecule is CCC(Nc1ccnc(C(=O)O)c1)c1nccs1. The predicted molar refractivity (Wildman–Crippen MR) is 70.0 cm³/mol. The average molecular weight is 263 g/mol. The van der Waals surface area contributed by atoms with Gasteiger partial charge in [0.25, 0.3) is 0 Å². The topological polar surface area (TPSA) is 75.1 Å². The highest BCUT2D eigenvalue weighted by molar-refractivity contribution is 7.09. The van der Waals surface area contributed by atoms with E-state index in [0.29, 0.717) is 0 Å². The minimum atomic E-state index is -1.03. The molecular weight excluding hydrogens is 250 g/mol. The zero-order chi connectivity index (χ0) is 13.0. The van der Waals surface area contributed by atoms with Gasteiger partial charge < -0.3 is 10.4 Å². The Hall–Kier alpha value is -1.95. The van der Waals surface area contributed by atoms with E-state index in [0.717, 1.165) is 17.1 Å². The summed E-state index contributed by atoms with van der Waals surface area (Å²) >= 11 is 1.58. The summed E-state index contributed by atoms with van der Waals surface area (Å²) in [5.74, 6) is -1.03. The van der Waals surface area contributed by atoms with Crippen molar-refractivity contribution < 1.29 is 9.90 Å². The van der Waals surface area contributed by atoms with Crippen molar-refractivity contribution in [2.75, 3.05) is 5.32 Å². The summed E-state index contributed by atoms with van der Waals surface area (Å²) in [5, 5.41) is 15.1. The van der Waals surface area contributed by atoms with E-state index >= 15 is 0 Å². The van der Waals surface area contributed by atoms with Gasteiger partial charge in [-0.3, -0.25) is 0 Å². The molecule has 0 bridgehead atoms. The molecule has 2 aromatic heterocycles. The highest BCUT2D eigenvalue weighted by atomic mass is 32.1. The summed E-state index contributed by atoms with van der Waals surface area (Å²) in [7, 11) is 0. The van der Waals surface area contributed by atoms with Crippen molar-refractivity contribution in [3.8, 4) is 0 Å². The van der Waals surface area contributed by atoms with Crippen LogP contribution in [0.1, 0.15) is 34.9 Å². The van der Waals surface area contributed by atoms with E-state index in [2.05, 4.69) is 22.2 Å². The first kappa shape index (κ1) is 12.5. The molecule has 1 unspecified atom stereocenters. The first-order chi connectivity index (χ1) is 8.70. The Kier molecular flexibility index (Phi) is 3.88. The normalized spacial score (nSPS) is 12.1. The van der Waals surface area contributed by atoms with Crippen molar-refractivity contribution in [3.05, 3.63) is 40.6 Å². The molecule has 0 fully saturated rings. The first-order valence-corrected chi connectivity index (χ1v) is 6.44. The van der Waals surface area contributed by atoms with Gasteiger partial charge in [-0.1, -0.05) is 6.92 Å². The largest absolute Gasteiger partial charge is 0.477 e. The molecule has 0 saturated heterocycles. The van der Waals surface area contributed by atoms with E-state index < -0.39 is 5.97 Å². The molecule has 2 N–H and O–H groups in total. The molecule has 2 rings (SSSR count). The van der Waals surface area contributed by atoms with E-state index in [4.69, 9.17) is 5.11 Å². The second-order valence-electron chi connectivity index (χ2n) is 3.71. The fourth-order valence-corrected chi connectivity index (χ4v) is 2.36. The molecule has 0 aliphatic rings. The summed E-state index contributed by atoms with van der Waals surface area (Å²) in [5.41, 5.74) is 0.776. The lowest BCUT2D eigenvalue weighted by molar-refractivity contribution is 0.0690. The van der Waals surface area contributed by atoms with Crippen LogP contribution in [0.3, 0.4) is 0 Å². The number of aromatic nitrogens is 2. The van der Waals surface area contributed by atoms with Crippen LogP contribution < -0.4 is 5.32 Å². The average Bonchev–Trinajstić information content (AvgIpc) is 2.90. The zero-order valence-corrected chi connectivity index (χ0v) is 10.6. The number of carboxylic acid groups (broad SMARTS) is 1. The van der Waals surface area contributed by atoms with E-state index in [1.54, 1.807) is 23.6 Å². The quantitative estimate of drug-likeness (QED) is 0.867. The van der Waals surface area contributed by atoms with Crippen LogP contribution in [0, 0.1) is 0 Å². The monoisotopic (exact) mass is 263 g/mol. The van der Waals surface area contributed by atoms with Gasteiger partial charge >= 0.3 is 5.97 Å². The highest BCUT2D eigenvalue weighted by Gasteiger charge is 2.12. The predicted octanol–water partition coefficient (Wildman–Crippen LogP) is 2.80. The van der Waals surface area contributed by atoms with E-state index in [1.165, 1.54) is 12.3 Å². The van der Waals surface area contributed by atoms with Crippen molar-refractivity contribution in [1.29, 1.82) is 0 Å². The van der Waals surface area contributed by atoms with Crippen LogP contribution in [-0.2, 0) is 0 Å². The van der Waals surface area contributed by atoms with E-state index in [-0.39, 0.29) is 11.7 Å². The Morgan fingerprint density at radius 2 is 2.33 bits per heavy atom. The summed E-state index contributed by atoms with van der Waals surface area (Å²) < 4.78 is 0. The number of thiazole rings is 1. The first-order valence-electron chi connectivity index (χ1n) is 5.56. The van der Waals surface area contributed by atoms with Crippen molar-refractivity contribution in [3.63, 3.8) is 0 Å². The number of rotatable bonds is 5. The lowest BCUT2D eigenvalue weighted by Gasteiger charge is -2.15. The van der Waals surface area contributed by atoms with Gasteiger partial charge in [-0.15, -0.1) is 11.3 Å². The van der Waals surface area contributed by atoms with Gasteiger partial charge in [0, 0.05) is 23.5 Å². The van der Waals surface area contributed by atoms with Gasteiger partial charge in [0.2, 0.25) is 0 Å². The Labute approximate surface area is 109 Å². The molecular formula is C12H13N3O2S. The number of hydrogen-bond acceptors (Lipinski definition) is 5. The molecule has 0 amide bonds. The molecule has 0 aliphatic carbocycles. The Morgan fingerprint density at radius 1 is 1.50 bits per heavy atom. The lowest BCUT2D eigenvalue weighted by Crippen LogP contribution is -2.10. The molecule has 0 radical (unpaired) electrons. The fraction of sp³-hybridized carbons (Fsp3) is 0.250. The zero-order valence-electron chi connectivity index (χ0n) is 9.83. The van der Waals surface area contributed by atoms with Gasteiger partial charge in [0.15, 0.2) is 0 Å². The molecule has 0 aliphatic heterocycles. The van der Waals surface area contributed by atoms with Gasteiger partial charge in [0.05, 0.1) is 6.04 Å². The second-order valence-corrected chi connectivity index (χ2v) is 4.64. The van der Waals surface area contributed by atoms with Crippen LogP contribution in [0.4, 0.5) is 5.69 Å². The van der Waals surface area contributed by atoms with Crippen LogP contribution in [-0.4, -0.2) is 21.0 Å². The molecule has 0 spiro atoms. The van der Waals surface area contributed by atoms with Crippen molar-refractivity contribution in [2.24, 2.45) is 0 Å². The fourth-order valence-electron chi connectivity index (χ4n) is 1.58. The number of nitrogens with zero attached hydrogens (tertiary/aromatic N) is 2. The maximum absolute atomic E-state index is 10.8. The second kappa shape index (κ2) is 5.59. The third-order valence-corrected chi connectivity index (χ3v) is 3.37. The molecule has 5 nitrogen and oxygen atoms in total. The van der Waals surface area contributed by atoms with Crippen LogP contribution >= 0.6 is 11.3 Å². The van der Waals surface area contributed by atoms with Crippen molar-refractivity contribution in [2.45, 2.75) is 19.4 Å². The molecule has 94 valence electrons. The molecule has 0 aromatic carbocycles. The Bertz CT molecular complexity index is 528. The Morgan fingerprint density at radius 3 is 2.94 bits per heavy atom. The maximum Gasteiger partial charge on any atom is 0.354 e. The van der Waals surface area contributed by atoms with E-state index in [9.17, 15) is 4.79 Å². The van der Waals surface area contributed by atoms with Gasteiger partial charge in [-0.2, -0.15) is 0 Å². The van der Waals surface area contributed by atoms with Crippen LogP contribution in [0.15, 0.2) is 29.9 Å². The molecule has 0 saturated carbocycles. The minimum absolute atomic E-state index is 0.0361. The third-order valence-electron chi connectivity index (χ3n) is 2.48. The number of hydrogen-bond donors (Lipinski definition) is 2. The number of pyridine rings is 1. The van der Waals surface area contributed by atoms with Crippen molar-refractivity contribution in [1.82, 2.24) is 9.97 Å². The summed E-state index contributed by atoms with van der Waals surface area (Å²) in [4.78, 5) is 18.9. The van der Waals surface area contributed by atoms with Crippen molar-refractivity contribution >= 4 is 23.0 Å². The third kappa shape index (κ3) is 2.84. The standard InChI is InChI=1S/C12H13N3O2S/c1-2-9(11-14-5-6-18-11)15-8-3-4-13-10(7-8)12(16)17/h3-7,9H,2H2,1H3,(H,13,15)(H,16,17). The molecule has 2 heterocycles. The maximum atomic E-state index is 10.8. The highest BCUT2D eigenvalue weighted by Crippen LogP contribution is 2.24. The molecule has 2 aromatic rings. The smallest absolute Gasteiger partial charge is 0.354 e. The lowest BCUT2D eigenvalue weighted by atomic mass is 10.2. The Balaban J connectivity index is 2.17. The van der Waals surface area contributed by atoms with Crippen LogP contribution in [0.25, 0.3) is 0 Å². The summed E-state index contributed by atoms with van der Waals surface area (Å²) in [6, 6.07) is 3.37. The van der Waals surface area contributed by atoms with E-state index in [1.807, 2.05) is 5.38 Å². The van der Waals surface area contributed by atoms with Gasteiger partial charge in [-0.05, 0) is 18.6 Å². The molecule has 18 heavy (non-hydrogen) atoms. The number of carboxylic acids is 1. The summed E-state index contributed by atoms with van der Waals surface area (Å²) in [6.45, 7) is 2.05. The molecule has 1 atom stereocenters. The van der Waals surface area contributed by atoms with Crippen LogP contribution in [0.2, 0.25) is 0 Å². The van der Waals surface area contributed by atoms with Crippen LogP contribution in [0.5, 0.6) is 0 Å². The number of aromatic carboxylic acids is 1. The number of anilines is 1. The van der Waals surface area contributed by atoms with Gasteiger partial charge in [-0.25, -0.2) is 14.8 Å². The molecule has 6 heteroatoms. The number of nitrogens with one attached hydrogen (secondary N) is 1. The van der Waals surface area contributed by atoms with Gasteiger partial charge in [0.1, 0.15) is 10.7 Å². The minimum Gasteiger partial charge on any atom is -0.477 e. The summed E-state index contributed by atoms with van der Waals surface area (Å²) in [6.07, 6.45) is 4.12.